The van der Waals surface area contributed by atoms with E-state index in [0.717, 1.165) is 19.3 Å². The average Bonchev–Trinajstić information content (AvgIpc) is 2.75. The zero-order valence-electron chi connectivity index (χ0n) is 10.8. The second-order valence-corrected chi connectivity index (χ2v) is 3.59. The Bertz CT molecular complexity index is 211. The molecule has 0 heterocycles. The summed E-state index contributed by atoms with van der Waals surface area (Å²) in [6, 6.07) is 0. The zero-order valence-corrected chi connectivity index (χ0v) is 13.7. The Morgan fingerprint density at radius 3 is 2.17 bits per heavy atom. The van der Waals surface area contributed by atoms with Crippen molar-refractivity contribution in [3.63, 3.8) is 0 Å². The molecule has 5 heteroatoms. The zero-order chi connectivity index (χ0) is 11.4. The fourth-order valence-corrected chi connectivity index (χ4v) is 1.23. The van der Waals surface area contributed by atoms with Crippen LogP contribution in [0, 0.1) is 6.08 Å². The maximum Gasteiger partial charge on any atom is 4.00 e. The van der Waals surface area contributed by atoms with Gasteiger partial charge >= 0.3 is 18.6 Å². The second-order valence-electron chi connectivity index (χ2n) is 3.59. The van der Waals surface area contributed by atoms with Crippen molar-refractivity contribution in [2.45, 2.75) is 51.9 Å². The maximum absolute atomic E-state index is 10.1. The van der Waals surface area contributed by atoms with E-state index in [9.17, 15) is 4.79 Å². The normalized spacial score (nSPS) is 10.3. The van der Waals surface area contributed by atoms with E-state index in [2.05, 4.69) is 19.1 Å². The molecule has 0 aromatic rings. The van der Waals surface area contributed by atoms with E-state index in [0.29, 0.717) is 6.42 Å². The fourth-order valence-electron chi connectivity index (χ4n) is 1.23. The van der Waals surface area contributed by atoms with Gasteiger partial charge in [-0.1, -0.05) is 32.6 Å². The van der Waals surface area contributed by atoms with Crippen LogP contribution < -0.4 is 24.8 Å². The molecule has 0 saturated carbocycles. The minimum Gasteiger partial charge on any atom is -1.00 e. The summed E-state index contributed by atoms with van der Waals surface area (Å²) in [5, 5.41) is 0. The Hall–Kier alpha value is 0.114. The number of unbranched alkanes of at least 4 members (excludes halogenated alkanes) is 4. The molecule has 18 heavy (non-hydrogen) atoms. The summed E-state index contributed by atoms with van der Waals surface area (Å²) in [7, 11) is 0. The molecular formula is C13H21Cl2NOV. The molecule has 0 spiro atoms. The second kappa shape index (κ2) is 22.3. The molecule has 0 aromatic carbocycles. The molecule has 1 aliphatic rings. The SMILES string of the molecule is CCCCCCCC([NH-])=O.[C-]1=CC=CC1.[Cl-].[Cl-].[V+4]. The Kier molecular flexibility index (Phi) is 33.0. The Balaban J connectivity index is -0.000000106. The molecule has 0 saturated heterocycles. The molecule has 0 bridgehead atoms. The standard InChI is InChI=1S/C8H17NO.C5H5.2ClH.V/c1-2-3-4-5-6-7-8(9)10;1-2-4-5-3-1;;;/h2-7H2,1H3,(H2,9,10);1-3H,4H2;2*1H;/q;-1;;;+4/p-3. The van der Waals surface area contributed by atoms with Gasteiger partial charge in [0.1, 0.15) is 0 Å². The largest absolute Gasteiger partial charge is 4.00 e. The van der Waals surface area contributed by atoms with Gasteiger partial charge in [-0.2, -0.15) is 6.08 Å². The van der Waals surface area contributed by atoms with Gasteiger partial charge in [0, 0.05) is 5.91 Å². The molecule has 0 atom stereocenters. The number of allylic oxidation sites excluding steroid dienone is 4. The van der Waals surface area contributed by atoms with Crippen molar-refractivity contribution < 1.29 is 48.2 Å². The Labute approximate surface area is 136 Å². The first-order valence-electron chi connectivity index (χ1n) is 5.73. The van der Waals surface area contributed by atoms with Crippen molar-refractivity contribution in [2.24, 2.45) is 0 Å². The van der Waals surface area contributed by atoms with E-state index in [1.54, 1.807) is 0 Å². The number of amides is 1. The number of hydrogen-bond donors (Lipinski definition) is 0. The Morgan fingerprint density at radius 1 is 1.22 bits per heavy atom. The van der Waals surface area contributed by atoms with Crippen LogP contribution in [0.3, 0.4) is 0 Å². The third-order valence-corrected chi connectivity index (χ3v) is 2.09. The summed E-state index contributed by atoms with van der Waals surface area (Å²) in [5.41, 5.74) is 6.62. The van der Waals surface area contributed by atoms with E-state index >= 15 is 0 Å². The predicted octanol–water partition coefficient (Wildman–Crippen LogP) is -1.76. The maximum atomic E-state index is 10.1. The average molecular weight is 329 g/mol. The molecule has 103 valence electrons. The number of halogens is 2. The van der Waals surface area contributed by atoms with Gasteiger partial charge in [-0.15, -0.1) is 6.42 Å². The molecule has 0 aromatic heterocycles. The van der Waals surface area contributed by atoms with Crippen molar-refractivity contribution in [3.8, 4) is 0 Å². The molecule has 1 aliphatic carbocycles. The van der Waals surface area contributed by atoms with Gasteiger partial charge in [0.25, 0.3) is 0 Å². The van der Waals surface area contributed by atoms with Gasteiger partial charge in [0.05, 0.1) is 0 Å². The molecule has 0 aliphatic heterocycles. The third-order valence-electron chi connectivity index (χ3n) is 2.09. The molecule has 1 rings (SSSR count). The van der Waals surface area contributed by atoms with E-state index in [1.165, 1.54) is 19.3 Å². The van der Waals surface area contributed by atoms with Gasteiger partial charge in [0.2, 0.25) is 0 Å². The van der Waals surface area contributed by atoms with Crippen molar-refractivity contribution in [1.82, 2.24) is 0 Å². The third kappa shape index (κ3) is 25.1. The van der Waals surface area contributed by atoms with Gasteiger partial charge in [-0.3, -0.25) is 6.08 Å². The topological polar surface area (TPSA) is 40.9 Å². The minimum absolute atomic E-state index is 0. The van der Waals surface area contributed by atoms with E-state index in [-0.39, 0.29) is 43.4 Å². The van der Waals surface area contributed by atoms with Crippen molar-refractivity contribution in [1.29, 1.82) is 0 Å². The van der Waals surface area contributed by atoms with Crippen molar-refractivity contribution >= 4 is 5.91 Å². The number of rotatable bonds is 6. The summed E-state index contributed by atoms with van der Waals surface area (Å²) < 4.78 is 0. The summed E-state index contributed by atoms with van der Waals surface area (Å²) >= 11 is 0. The number of nitrogens with one attached hydrogen (secondary N) is 1. The van der Waals surface area contributed by atoms with Crippen LogP contribution in [-0.2, 0) is 23.4 Å². The summed E-state index contributed by atoms with van der Waals surface area (Å²) in [4.78, 5) is 10.1. The minimum atomic E-state index is -0.420. The summed E-state index contributed by atoms with van der Waals surface area (Å²) in [5.74, 6) is -0.420. The molecule has 1 amide bonds. The Morgan fingerprint density at radius 2 is 1.83 bits per heavy atom. The molecule has 1 N–H and O–H groups in total. The van der Waals surface area contributed by atoms with Gasteiger partial charge < -0.3 is 35.3 Å². The molecule has 2 nitrogen and oxygen atoms in total. The van der Waals surface area contributed by atoms with Crippen LogP contribution in [0.1, 0.15) is 51.9 Å². The van der Waals surface area contributed by atoms with Crippen LogP contribution >= 0.6 is 0 Å². The molecule has 1 radical (unpaired) electrons. The van der Waals surface area contributed by atoms with E-state index in [4.69, 9.17) is 5.73 Å². The smallest absolute Gasteiger partial charge is 1.00 e. The quantitative estimate of drug-likeness (QED) is 0.420. The number of carbonyl (C=O) groups is 1. The molecule has 0 unspecified atom stereocenters. The molecule has 0 fully saturated rings. The molecular weight excluding hydrogens is 308 g/mol. The number of carbonyl (C=O) groups excluding carboxylic acids is 1. The van der Waals surface area contributed by atoms with Crippen LogP contribution in [0.25, 0.3) is 5.73 Å². The van der Waals surface area contributed by atoms with Crippen LogP contribution in [0.15, 0.2) is 18.2 Å². The van der Waals surface area contributed by atoms with Crippen LogP contribution in [-0.4, -0.2) is 5.91 Å². The summed E-state index contributed by atoms with van der Waals surface area (Å²) in [6.07, 6.45) is 16.2. The van der Waals surface area contributed by atoms with Crippen LogP contribution in [0.2, 0.25) is 0 Å². The van der Waals surface area contributed by atoms with Crippen molar-refractivity contribution in [3.05, 3.63) is 30.0 Å². The fraction of sp³-hybridized carbons (Fsp3) is 0.615. The first-order valence-corrected chi connectivity index (χ1v) is 5.73. The predicted molar refractivity (Wildman–Crippen MR) is 64.3 cm³/mol. The van der Waals surface area contributed by atoms with E-state index < -0.39 is 5.91 Å². The first-order chi connectivity index (χ1) is 7.27. The number of hydrogen-bond acceptors (Lipinski definition) is 1. The van der Waals surface area contributed by atoms with E-state index in [1.807, 2.05) is 12.2 Å². The van der Waals surface area contributed by atoms with Gasteiger partial charge in [-0.25, -0.2) is 12.2 Å². The summed E-state index contributed by atoms with van der Waals surface area (Å²) in [6.45, 7) is 2.16. The van der Waals surface area contributed by atoms with Gasteiger partial charge in [0.15, 0.2) is 0 Å². The first kappa shape index (κ1) is 26.6. The van der Waals surface area contributed by atoms with Crippen LogP contribution in [0.5, 0.6) is 0 Å². The van der Waals surface area contributed by atoms with Gasteiger partial charge in [-0.05, 0) is 12.8 Å². The van der Waals surface area contributed by atoms with Crippen LogP contribution in [0.4, 0.5) is 0 Å². The van der Waals surface area contributed by atoms with Crippen molar-refractivity contribution in [2.75, 3.05) is 0 Å². The monoisotopic (exact) mass is 328 g/mol.